The van der Waals surface area contributed by atoms with E-state index in [-0.39, 0.29) is 25.1 Å². The molecule has 1 rings (SSSR count). The van der Waals surface area contributed by atoms with Crippen LogP contribution >= 0.6 is 0 Å². The van der Waals surface area contributed by atoms with E-state index in [2.05, 4.69) is 6.92 Å². The molecule has 4 nitrogen and oxygen atoms in total. The van der Waals surface area contributed by atoms with E-state index in [1.54, 1.807) is 0 Å². The largest absolute Gasteiger partial charge is 0.463 e. The average molecular weight is 258 g/mol. The normalized spacial score (nSPS) is 20.4. The van der Waals surface area contributed by atoms with E-state index in [9.17, 15) is 9.90 Å². The zero-order chi connectivity index (χ0) is 13.4. The number of aliphatic hydroxyl groups excluding tert-OH is 2. The van der Waals surface area contributed by atoms with Crippen molar-refractivity contribution in [2.45, 2.75) is 58.0 Å². The molecule has 1 fully saturated rings. The number of aliphatic hydroxyl groups is 2. The quantitative estimate of drug-likeness (QED) is 0.684. The first kappa shape index (κ1) is 15.4. The highest BCUT2D eigenvalue weighted by atomic mass is 16.5. The smallest absolute Gasteiger partial charge is 0.309 e. The molecular weight excluding hydrogens is 232 g/mol. The number of hydrogen-bond acceptors (Lipinski definition) is 4. The van der Waals surface area contributed by atoms with Gasteiger partial charge in [-0.05, 0) is 25.2 Å². The first-order chi connectivity index (χ1) is 8.69. The number of carbonyl (C=O) groups excluding carboxylic acids is 1. The Labute approximate surface area is 109 Å². The highest BCUT2D eigenvalue weighted by Gasteiger charge is 2.30. The van der Waals surface area contributed by atoms with E-state index in [0.717, 1.165) is 25.7 Å². The maximum atomic E-state index is 12.0. The summed E-state index contributed by atoms with van der Waals surface area (Å²) in [6.45, 7) is 1.61. The Hall–Kier alpha value is -0.610. The molecule has 0 bridgehead atoms. The minimum absolute atomic E-state index is 0.0267. The molecule has 0 aromatic heterocycles. The number of carbonyl (C=O) groups is 1. The first-order valence-corrected chi connectivity index (χ1v) is 7.14. The van der Waals surface area contributed by atoms with Gasteiger partial charge in [0.25, 0.3) is 0 Å². The molecule has 1 aliphatic rings. The molecule has 2 unspecified atom stereocenters. The Morgan fingerprint density at radius 2 is 2.00 bits per heavy atom. The summed E-state index contributed by atoms with van der Waals surface area (Å²) in [7, 11) is 0. The van der Waals surface area contributed by atoms with Crippen molar-refractivity contribution in [1.29, 1.82) is 0 Å². The lowest BCUT2D eigenvalue weighted by Crippen LogP contribution is -2.30. The van der Waals surface area contributed by atoms with E-state index >= 15 is 0 Å². The summed E-state index contributed by atoms with van der Waals surface area (Å²) < 4.78 is 5.11. The van der Waals surface area contributed by atoms with Crippen molar-refractivity contribution in [3.8, 4) is 0 Å². The van der Waals surface area contributed by atoms with Gasteiger partial charge in [-0.3, -0.25) is 4.79 Å². The second-order valence-electron chi connectivity index (χ2n) is 5.26. The lowest BCUT2D eigenvalue weighted by Gasteiger charge is -2.28. The van der Waals surface area contributed by atoms with Gasteiger partial charge in [-0.25, -0.2) is 0 Å². The summed E-state index contributed by atoms with van der Waals surface area (Å²) in [4.78, 5) is 12.0. The fourth-order valence-corrected chi connectivity index (χ4v) is 2.73. The molecule has 1 saturated carbocycles. The van der Waals surface area contributed by atoms with Gasteiger partial charge in [0, 0.05) is 0 Å². The van der Waals surface area contributed by atoms with Gasteiger partial charge in [-0.1, -0.05) is 32.6 Å². The van der Waals surface area contributed by atoms with Gasteiger partial charge < -0.3 is 14.9 Å². The van der Waals surface area contributed by atoms with Gasteiger partial charge in [-0.2, -0.15) is 0 Å². The van der Waals surface area contributed by atoms with Crippen molar-refractivity contribution in [3.05, 3.63) is 0 Å². The Bertz CT molecular complexity index is 236. The van der Waals surface area contributed by atoms with Crippen LogP contribution in [0.3, 0.4) is 0 Å². The van der Waals surface area contributed by atoms with Crippen molar-refractivity contribution in [2.24, 2.45) is 11.8 Å². The van der Waals surface area contributed by atoms with Crippen LogP contribution in [0.25, 0.3) is 0 Å². The van der Waals surface area contributed by atoms with Crippen LogP contribution in [0.2, 0.25) is 0 Å². The highest BCUT2D eigenvalue weighted by Crippen LogP contribution is 2.33. The van der Waals surface area contributed by atoms with Crippen LogP contribution < -0.4 is 0 Å². The lowest BCUT2D eigenvalue weighted by atomic mass is 9.78. The molecule has 106 valence electrons. The summed E-state index contributed by atoms with van der Waals surface area (Å²) in [5, 5.41) is 17.9. The zero-order valence-corrected chi connectivity index (χ0v) is 11.3. The molecule has 0 radical (unpaired) electrons. The molecule has 4 heteroatoms. The summed E-state index contributed by atoms with van der Waals surface area (Å²) >= 11 is 0. The summed E-state index contributed by atoms with van der Waals surface area (Å²) in [6.07, 6.45) is 6.78. The monoisotopic (exact) mass is 258 g/mol. The molecule has 18 heavy (non-hydrogen) atoms. The fraction of sp³-hybridized carbons (Fsp3) is 0.929. The van der Waals surface area contributed by atoms with Crippen LogP contribution in [-0.2, 0) is 9.53 Å². The second kappa shape index (κ2) is 8.48. The molecule has 0 spiro atoms. The van der Waals surface area contributed by atoms with E-state index in [4.69, 9.17) is 9.84 Å². The highest BCUT2D eigenvalue weighted by molar-refractivity contribution is 5.72. The molecule has 0 aliphatic heterocycles. The number of ether oxygens (including phenoxy) is 1. The van der Waals surface area contributed by atoms with Crippen molar-refractivity contribution >= 4 is 5.97 Å². The van der Waals surface area contributed by atoms with Gasteiger partial charge in [0.2, 0.25) is 0 Å². The van der Waals surface area contributed by atoms with Gasteiger partial charge in [0.15, 0.2) is 0 Å². The standard InChI is InChI=1S/C14H26O4/c1-2-6-13(11-7-4-3-5-8-11)14(17)18-10-12(16)9-15/h11-13,15-16H,2-10H2,1H3. The number of esters is 1. The SMILES string of the molecule is CCCC(C(=O)OCC(O)CO)C1CCCCC1. The Balaban J connectivity index is 2.46. The molecular formula is C14H26O4. The molecule has 1 aliphatic carbocycles. The van der Waals surface area contributed by atoms with E-state index in [0.29, 0.717) is 5.92 Å². The van der Waals surface area contributed by atoms with E-state index in [1.165, 1.54) is 19.3 Å². The van der Waals surface area contributed by atoms with Crippen molar-refractivity contribution in [1.82, 2.24) is 0 Å². The van der Waals surface area contributed by atoms with Crippen molar-refractivity contribution in [2.75, 3.05) is 13.2 Å². The van der Waals surface area contributed by atoms with Crippen LogP contribution in [0, 0.1) is 11.8 Å². The van der Waals surface area contributed by atoms with Crippen LogP contribution in [0.15, 0.2) is 0 Å². The molecule has 0 amide bonds. The maximum Gasteiger partial charge on any atom is 0.309 e. The van der Waals surface area contributed by atoms with Gasteiger partial charge in [-0.15, -0.1) is 0 Å². The minimum Gasteiger partial charge on any atom is -0.463 e. The zero-order valence-electron chi connectivity index (χ0n) is 11.3. The van der Waals surface area contributed by atoms with Crippen LogP contribution in [0.1, 0.15) is 51.9 Å². The second-order valence-corrected chi connectivity index (χ2v) is 5.26. The van der Waals surface area contributed by atoms with Crippen molar-refractivity contribution < 1.29 is 19.7 Å². The number of hydrogen-bond donors (Lipinski definition) is 2. The maximum absolute atomic E-state index is 12.0. The number of rotatable bonds is 7. The Morgan fingerprint density at radius 3 is 2.56 bits per heavy atom. The third kappa shape index (κ3) is 4.94. The lowest BCUT2D eigenvalue weighted by molar-refractivity contribution is -0.155. The molecule has 0 saturated heterocycles. The van der Waals surface area contributed by atoms with Crippen LogP contribution in [0.4, 0.5) is 0 Å². The van der Waals surface area contributed by atoms with E-state index < -0.39 is 6.10 Å². The molecule has 0 aromatic carbocycles. The van der Waals surface area contributed by atoms with E-state index in [1.807, 2.05) is 0 Å². The fourth-order valence-electron chi connectivity index (χ4n) is 2.73. The third-order valence-electron chi connectivity index (χ3n) is 3.75. The summed E-state index contributed by atoms with van der Waals surface area (Å²) in [5.74, 6) is 0.218. The predicted molar refractivity (Wildman–Crippen MR) is 69.0 cm³/mol. The summed E-state index contributed by atoms with van der Waals surface area (Å²) in [5.41, 5.74) is 0. The molecule has 0 heterocycles. The van der Waals surface area contributed by atoms with Crippen molar-refractivity contribution in [3.63, 3.8) is 0 Å². The first-order valence-electron chi connectivity index (χ1n) is 7.14. The van der Waals surface area contributed by atoms with Gasteiger partial charge >= 0.3 is 5.97 Å². The Morgan fingerprint density at radius 1 is 1.33 bits per heavy atom. The average Bonchev–Trinajstić information content (AvgIpc) is 2.42. The Kier molecular flexibility index (Phi) is 7.28. The van der Waals surface area contributed by atoms with Crippen LogP contribution in [0.5, 0.6) is 0 Å². The topological polar surface area (TPSA) is 66.8 Å². The molecule has 0 aromatic rings. The summed E-state index contributed by atoms with van der Waals surface area (Å²) in [6, 6.07) is 0. The molecule has 2 N–H and O–H groups in total. The third-order valence-corrected chi connectivity index (χ3v) is 3.75. The van der Waals surface area contributed by atoms with Gasteiger partial charge in [0.05, 0.1) is 12.5 Å². The van der Waals surface area contributed by atoms with Gasteiger partial charge in [0.1, 0.15) is 12.7 Å². The minimum atomic E-state index is -0.956. The molecule has 2 atom stereocenters. The van der Waals surface area contributed by atoms with Crippen LogP contribution in [-0.4, -0.2) is 35.5 Å². The predicted octanol–water partition coefficient (Wildman–Crippen LogP) is 1.88.